The van der Waals surface area contributed by atoms with Crippen molar-refractivity contribution in [2.45, 2.75) is 45.3 Å². The highest BCUT2D eigenvalue weighted by Gasteiger charge is 2.40. The maximum absolute atomic E-state index is 12.3. The predicted molar refractivity (Wildman–Crippen MR) is 79.8 cm³/mol. The zero-order chi connectivity index (χ0) is 16.3. The average Bonchev–Trinajstić information content (AvgIpc) is 2.33. The van der Waals surface area contributed by atoms with Crippen LogP contribution in [-0.4, -0.2) is 14.7 Å². The summed E-state index contributed by atoms with van der Waals surface area (Å²) in [5.41, 5.74) is 0.562. The monoisotopic (exact) mass is 318 g/mol. The largest absolute Gasteiger partial charge is 0.572 e. The van der Waals surface area contributed by atoms with Crippen LogP contribution in [0.15, 0.2) is 36.6 Å². The van der Waals surface area contributed by atoms with Crippen molar-refractivity contribution in [3.05, 3.63) is 42.2 Å². The lowest BCUT2D eigenvalue weighted by atomic mass is 10.2. The van der Waals surface area contributed by atoms with Gasteiger partial charge in [0.1, 0.15) is 12.0 Å². The molecule has 0 atom stereocenters. The van der Waals surface area contributed by atoms with E-state index in [2.05, 4.69) is 4.74 Å². The van der Waals surface area contributed by atoms with Gasteiger partial charge in [-0.1, -0.05) is 51.1 Å². The number of hydrogen-bond donors (Lipinski definition) is 0. The van der Waals surface area contributed by atoms with Crippen molar-refractivity contribution in [3.8, 4) is 0 Å². The van der Waals surface area contributed by atoms with Gasteiger partial charge in [-0.25, -0.2) is 0 Å². The lowest BCUT2D eigenvalue weighted by molar-refractivity contribution is -0.298. The fraction of sp³-hybridized carbons (Fsp3) is 0.467. The Hall–Kier alpha value is -1.43. The number of benzene rings is 1. The standard InChI is InChI=1S/C15H21F3O2Si/c1-14(2,3)21(4,5)20-13(11-19-15(16,17)18)12-9-7-6-8-10-12/h6-11H,1-5H3/b13-11-. The third-order valence-electron chi connectivity index (χ3n) is 3.53. The number of hydrogen-bond acceptors (Lipinski definition) is 2. The van der Waals surface area contributed by atoms with Crippen LogP contribution in [0.5, 0.6) is 0 Å². The molecule has 0 saturated carbocycles. The van der Waals surface area contributed by atoms with E-state index in [0.29, 0.717) is 11.8 Å². The van der Waals surface area contributed by atoms with Crippen LogP contribution in [0.25, 0.3) is 5.76 Å². The summed E-state index contributed by atoms with van der Waals surface area (Å²) in [7, 11) is -2.26. The quantitative estimate of drug-likeness (QED) is 0.536. The maximum atomic E-state index is 12.3. The van der Waals surface area contributed by atoms with Crippen LogP contribution in [0.2, 0.25) is 18.1 Å². The van der Waals surface area contributed by atoms with Crippen molar-refractivity contribution in [2.75, 3.05) is 0 Å². The van der Waals surface area contributed by atoms with E-state index >= 15 is 0 Å². The van der Waals surface area contributed by atoms with Crippen LogP contribution in [-0.2, 0) is 9.16 Å². The van der Waals surface area contributed by atoms with Crippen molar-refractivity contribution >= 4 is 14.1 Å². The van der Waals surface area contributed by atoms with Gasteiger partial charge in [-0.3, -0.25) is 0 Å². The predicted octanol–water partition coefficient (Wildman–Crippen LogP) is 5.54. The molecule has 2 nitrogen and oxygen atoms in total. The van der Waals surface area contributed by atoms with E-state index < -0.39 is 14.7 Å². The zero-order valence-electron chi connectivity index (χ0n) is 12.9. The molecular formula is C15H21F3O2Si. The van der Waals surface area contributed by atoms with E-state index in [9.17, 15) is 13.2 Å². The molecule has 0 unspecified atom stereocenters. The summed E-state index contributed by atoms with van der Waals surface area (Å²) in [6.07, 6.45) is -4.08. The number of rotatable bonds is 4. The fourth-order valence-electron chi connectivity index (χ4n) is 1.30. The first-order valence-electron chi connectivity index (χ1n) is 6.61. The highest BCUT2D eigenvalue weighted by atomic mass is 28.4. The highest BCUT2D eigenvalue weighted by Crippen LogP contribution is 2.39. The molecule has 0 aliphatic carbocycles. The third kappa shape index (κ3) is 5.45. The van der Waals surface area contributed by atoms with E-state index in [1.165, 1.54) is 0 Å². The SMILES string of the molecule is CC(C)(C)[Si](C)(C)O/C(=C\OC(F)(F)F)c1ccccc1. The van der Waals surface area contributed by atoms with Crippen molar-refractivity contribution in [1.82, 2.24) is 0 Å². The van der Waals surface area contributed by atoms with Crippen LogP contribution in [0, 0.1) is 0 Å². The van der Waals surface area contributed by atoms with Gasteiger partial charge in [0, 0.05) is 5.56 Å². The molecule has 118 valence electrons. The maximum Gasteiger partial charge on any atom is 0.572 e. The van der Waals surface area contributed by atoms with Crippen molar-refractivity contribution in [3.63, 3.8) is 0 Å². The first-order valence-corrected chi connectivity index (χ1v) is 9.52. The van der Waals surface area contributed by atoms with Gasteiger partial charge in [-0.15, -0.1) is 13.2 Å². The van der Waals surface area contributed by atoms with Gasteiger partial charge in [0.25, 0.3) is 8.32 Å². The molecular weight excluding hydrogens is 297 g/mol. The Labute approximate surface area is 124 Å². The van der Waals surface area contributed by atoms with E-state index in [1.807, 2.05) is 33.9 Å². The minimum absolute atomic E-state index is 0.111. The topological polar surface area (TPSA) is 18.5 Å². The Morgan fingerprint density at radius 1 is 1.05 bits per heavy atom. The molecule has 0 saturated heterocycles. The summed E-state index contributed by atoms with van der Waals surface area (Å²) in [6, 6.07) is 8.66. The normalized spacial score (nSPS) is 14.0. The Bertz CT molecular complexity index is 488. The summed E-state index contributed by atoms with van der Waals surface area (Å²) >= 11 is 0. The molecule has 0 aliphatic rings. The Morgan fingerprint density at radius 2 is 1.57 bits per heavy atom. The van der Waals surface area contributed by atoms with Gasteiger partial charge in [-0.05, 0) is 18.1 Å². The summed E-state index contributed by atoms with van der Waals surface area (Å²) in [5, 5.41) is -0.126. The molecule has 0 amide bonds. The van der Waals surface area contributed by atoms with Gasteiger partial charge in [-0.2, -0.15) is 0 Å². The molecule has 1 aromatic carbocycles. The van der Waals surface area contributed by atoms with Crippen LogP contribution in [0.4, 0.5) is 13.2 Å². The van der Waals surface area contributed by atoms with E-state index in [1.54, 1.807) is 30.3 Å². The number of halogens is 3. The van der Waals surface area contributed by atoms with Crippen molar-refractivity contribution in [1.29, 1.82) is 0 Å². The molecule has 0 N–H and O–H groups in total. The van der Waals surface area contributed by atoms with Crippen LogP contribution in [0.1, 0.15) is 26.3 Å². The van der Waals surface area contributed by atoms with E-state index in [4.69, 9.17) is 4.43 Å². The molecule has 0 radical (unpaired) electrons. The summed E-state index contributed by atoms with van der Waals surface area (Å²) in [4.78, 5) is 0. The van der Waals surface area contributed by atoms with E-state index in [0.717, 1.165) is 0 Å². The Morgan fingerprint density at radius 3 is 2.00 bits per heavy atom. The molecule has 1 aromatic rings. The lowest BCUT2D eigenvalue weighted by Gasteiger charge is -2.37. The molecule has 1 rings (SSSR count). The number of ether oxygens (including phenoxy) is 1. The second kappa shape index (κ2) is 6.13. The average molecular weight is 318 g/mol. The van der Waals surface area contributed by atoms with Gasteiger partial charge in [0.15, 0.2) is 0 Å². The first kappa shape index (κ1) is 17.6. The molecule has 0 aromatic heterocycles. The van der Waals surface area contributed by atoms with Crippen molar-refractivity contribution < 1.29 is 22.3 Å². The smallest absolute Gasteiger partial charge is 0.541 e. The molecule has 0 heterocycles. The molecule has 21 heavy (non-hydrogen) atoms. The van der Waals surface area contributed by atoms with Gasteiger partial charge in [0.2, 0.25) is 0 Å². The van der Waals surface area contributed by atoms with E-state index in [-0.39, 0.29) is 10.8 Å². The minimum Gasteiger partial charge on any atom is -0.541 e. The third-order valence-corrected chi connectivity index (χ3v) is 7.87. The molecule has 0 fully saturated rings. The van der Waals surface area contributed by atoms with Gasteiger partial charge in [0.05, 0.1) is 0 Å². The lowest BCUT2D eigenvalue weighted by Crippen LogP contribution is -2.40. The fourth-order valence-corrected chi connectivity index (χ4v) is 2.32. The molecule has 0 aliphatic heterocycles. The van der Waals surface area contributed by atoms with Crippen LogP contribution < -0.4 is 0 Å². The number of alkyl halides is 3. The summed E-state index contributed by atoms with van der Waals surface area (Å²) < 4.78 is 46.7. The molecule has 6 heteroatoms. The first-order chi connectivity index (χ1) is 9.42. The summed E-state index contributed by atoms with van der Waals surface area (Å²) in [6.45, 7) is 10.0. The van der Waals surface area contributed by atoms with Gasteiger partial charge < -0.3 is 9.16 Å². The minimum atomic E-state index is -4.73. The molecule has 0 spiro atoms. The molecule has 0 bridgehead atoms. The second-order valence-electron chi connectivity index (χ2n) is 6.27. The zero-order valence-corrected chi connectivity index (χ0v) is 13.9. The second-order valence-corrected chi connectivity index (χ2v) is 11.0. The Kier molecular flexibility index (Phi) is 5.14. The Balaban J connectivity index is 3.10. The summed E-state index contributed by atoms with van der Waals surface area (Å²) in [5.74, 6) is 0.111. The van der Waals surface area contributed by atoms with Crippen molar-refractivity contribution in [2.24, 2.45) is 0 Å². The van der Waals surface area contributed by atoms with Gasteiger partial charge >= 0.3 is 6.36 Å². The highest BCUT2D eigenvalue weighted by molar-refractivity contribution is 6.74. The van der Waals surface area contributed by atoms with Crippen LogP contribution in [0.3, 0.4) is 0 Å². The van der Waals surface area contributed by atoms with Crippen LogP contribution >= 0.6 is 0 Å².